The van der Waals surface area contributed by atoms with Gasteiger partial charge in [0.15, 0.2) is 0 Å². The summed E-state index contributed by atoms with van der Waals surface area (Å²) in [5.41, 5.74) is 1.54. The van der Waals surface area contributed by atoms with Crippen LogP contribution in [0.25, 0.3) is 10.8 Å². The second-order valence-electron chi connectivity index (χ2n) is 5.42. The van der Waals surface area contributed by atoms with E-state index in [0.717, 1.165) is 23.1 Å². The van der Waals surface area contributed by atoms with E-state index in [4.69, 9.17) is 4.74 Å². The molecule has 3 aromatic rings. The van der Waals surface area contributed by atoms with Crippen LogP contribution in [-0.4, -0.2) is 5.44 Å². The van der Waals surface area contributed by atoms with Gasteiger partial charge in [-0.05, 0) is 53.9 Å². The summed E-state index contributed by atoms with van der Waals surface area (Å²) in [6, 6.07) is 21.2. The van der Waals surface area contributed by atoms with Gasteiger partial charge in [0, 0.05) is 14.9 Å². The smallest absolute Gasteiger partial charge is 0.149 e. The van der Waals surface area contributed by atoms with Gasteiger partial charge in [-0.2, -0.15) is 0 Å². The van der Waals surface area contributed by atoms with E-state index in [0.29, 0.717) is 0 Å². The van der Waals surface area contributed by atoms with Gasteiger partial charge < -0.3 is 4.74 Å². The third-order valence-corrected chi connectivity index (χ3v) is 5.64. The summed E-state index contributed by atoms with van der Waals surface area (Å²) < 4.78 is 7.33. The Bertz CT molecular complexity index is 813. The van der Waals surface area contributed by atoms with Crippen LogP contribution < -0.4 is 4.74 Å². The molecule has 0 radical (unpaired) electrons. The molecule has 0 amide bonds. The van der Waals surface area contributed by atoms with Crippen LogP contribution in [0.2, 0.25) is 0 Å². The minimum Gasteiger partial charge on any atom is -0.479 e. The molecule has 0 N–H and O–H groups in total. The number of fused-ring (bicyclic) bond motifs is 3. The van der Waals surface area contributed by atoms with Crippen molar-refractivity contribution >= 4 is 38.5 Å². The Morgan fingerprint density at radius 2 is 1.77 bits per heavy atom. The van der Waals surface area contributed by atoms with Gasteiger partial charge in [-0.3, -0.25) is 0 Å². The van der Waals surface area contributed by atoms with Crippen molar-refractivity contribution in [3.05, 3.63) is 70.7 Å². The van der Waals surface area contributed by atoms with Gasteiger partial charge in [-0.25, -0.2) is 0 Å². The van der Waals surface area contributed by atoms with Crippen LogP contribution in [0.3, 0.4) is 0 Å². The first-order chi connectivity index (χ1) is 10.8. The minimum absolute atomic E-state index is 0.190. The average molecular weight is 371 g/mol. The molecule has 0 saturated carbocycles. The number of rotatable bonds is 2. The van der Waals surface area contributed by atoms with Gasteiger partial charge >= 0.3 is 0 Å². The minimum atomic E-state index is 0.190. The summed E-state index contributed by atoms with van der Waals surface area (Å²) in [6.45, 7) is 0. The number of aryl methyl sites for hydroxylation is 1. The number of hydrogen-bond acceptors (Lipinski definition) is 2. The summed E-state index contributed by atoms with van der Waals surface area (Å²) >= 11 is 5.27. The average Bonchev–Trinajstić information content (AvgIpc) is 2.57. The summed E-state index contributed by atoms with van der Waals surface area (Å²) in [4.78, 5) is 1.25. The number of thioether (sulfide) groups is 1. The van der Waals surface area contributed by atoms with Crippen LogP contribution in [0.4, 0.5) is 0 Å². The maximum absolute atomic E-state index is 6.23. The van der Waals surface area contributed by atoms with Crippen molar-refractivity contribution in [2.75, 3.05) is 0 Å². The molecule has 110 valence electrons. The normalized spacial score (nSPS) is 17.0. The second kappa shape index (κ2) is 5.98. The highest BCUT2D eigenvalue weighted by atomic mass is 79.9. The van der Waals surface area contributed by atoms with Crippen molar-refractivity contribution in [1.82, 2.24) is 0 Å². The van der Waals surface area contributed by atoms with Crippen LogP contribution in [-0.2, 0) is 6.42 Å². The summed E-state index contributed by atoms with van der Waals surface area (Å²) in [7, 11) is 0. The van der Waals surface area contributed by atoms with E-state index in [-0.39, 0.29) is 5.44 Å². The number of halogens is 1. The van der Waals surface area contributed by atoms with Crippen molar-refractivity contribution in [3.8, 4) is 5.75 Å². The van der Waals surface area contributed by atoms with E-state index < -0.39 is 0 Å². The molecule has 1 atom stereocenters. The molecule has 0 aliphatic carbocycles. The van der Waals surface area contributed by atoms with Crippen LogP contribution in [0, 0.1) is 0 Å². The standard InChI is InChI=1S/C19H15BrOS/c20-14-6-8-15(9-7-14)22-19-12-10-17-16-4-2-1-3-13(16)5-11-18(17)21-19/h1-9,11,19H,10,12H2/t19-/m1/s1. The third-order valence-electron chi connectivity index (χ3n) is 3.97. The maximum Gasteiger partial charge on any atom is 0.149 e. The molecule has 22 heavy (non-hydrogen) atoms. The van der Waals surface area contributed by atoms with Gasteiger partial charge in [-0.15, -0.1) is 0 Å². The maximum atomic E-state index is 6.23. The molecule has 0 spiro atoms. The largest absolute Gasteiger partial charge is 0.479 e. The fraction of sp³-hybridized carbons (Fsp3) is 0.158. The van der Waals surface area contributed by atoms with E-state index in [9.17, 15) is 0 Å². The fourth-order valence-electron chi connectivity index (χ4n) is 2.89. The molecule has 4 rings (SSSR count). The predicted molar refractivity (Wildman–Crippen MR) is 96.7 cm³/mol. The van der Waals surface area contributed by atoms with E-state index in [1.54, 1.807) is 11.8 Å². The predicted octanol–water partition coefficient (Wildman–Crippen LogP) is 6.05. The van der Waals surface area contributed by atoms with E-state index in [1.165, 1.54) is 21.2 Å². The van der Waals surface area contributed by atoms with Crippen LogP contribution in [0.15, 0.2) is 70.0 Å². The van der Waals surface area contributed by atoms with Crippen molar-refractivity contribution in [1.29, 1.82) is 0 Å². The Morgan fingerprint density at radius 1 is 0.955 bits per heavy atom. The molecular weight excluding hydrogens is 356 g/mol. The van der Waals surface area contributed by atoms with E-state index in [1.807, 2.05) is 0 Å². The van der Waals surface area contributed by atoms with Gasteiger partial charge in [0.2, 0.25) is 0 Å². The summed E-state index contributed by atoms with van der Waals surface area (Å²) in [5.74, 6) is 1.04. The highest BCUT2D eigenvalue weighted by Crippen LogP contribution is 2.38. The Morgan fingerprint density at radius 3 is 2.64 bits per heavy atom. The van der Waals surface area contributed by atoms with Crippen molar-refractivity contribution in [3.63, 3.8) is 0 Å². The van der Waals surface area contributed by atoms with Crippen molar-refractivity contribution < 1.29 is 4.74 Å². The SMILES string of the molecule is Brc1ccc(S[C@@H]2CCc3c(ccc4ccccc34)O2)cc1. The Balaban J connectivity index is 1.59. The molecule has 3 aromatic carbocycles. The fourth-order valence-corrected chi connectivity index (χ4v) is 4.14. The van der Waals surface area contributed by atoms with Crippen LogP contribution >= 0.6 is 27.7 Å². The summed E-state index contributed by atoms with van der Waals surface area (Å²) in [5, 5.41) is 2.62. The molecule has 1 heterocycles. The first-order valence-corrected chi connectivity index (χ1v) is 9.06. The zero-order valence-electron chi connectivity index (χ0n) is 12.0. The number of hydrogen-bond donors (Lipinski definition) is 0. The molecule has 1 nitrogen and oxygen atoms in total. The lowest BCUT2D eigenvalue weighted by molar-refractivity contribution is 0.257. The zero-order chi connectivity index (χ0) is 14.9. The molecule has 0 fully saturated rings. The Hall–Kier alpha value is -1.45. The first-order valence-electron chi connectivity index (χ1n) is 7.39. The highest BCUT2D eigenvalue weighted by Gasteiger charge is 2.22. The lowest BCUT2D eigenvalue weighted by Crippen LogP contribution is -2.19. The van der Waals surface area contributed by atoms with Crippen molar-refractivity contribution in [2.24, 2.45) is 0 Å². The van der Waals surface area contributed by atoms with Crippen LogP contribution in [0.5, 0.6) is 5.75 Å². The number of benzene rings is 3. The Kier molecular flexibility index (Phi) is 3.85. The van der Waals surface area contributed by atoms with E-state index in [2.05, 4.69) is 76.6 Å². The number of ether oxygens (including phenoxy) is 1. The molecule has 1 aliphatic heterocycles. The molecule has 0 saturated heterocycles. The molecule has 1 aliphatic rings. The van der Waals surface area contributed by atoms with Gasteiger partial charge in [0.1, 0.15) is 11.2 Å². The molecule has 0 unspecified atom stereocenters. The monoisotopic (exact) mass is 370 g/mol. The zero-order valence-corrected chi connectivity index (χ0v) is 14.4. The van der Waals surface area contributed by atoms with Crippen molar-refractivity contribution in [2.45, 2.75) is 23.2 Å². The van der Waals surface area contributed by atoms with Crippen LogP contribution in [0.1, 0.15) is 12.0 Å². The lowest BCUT2D eigenvalue weighted by atomic mass is 9.98. The molecular formula is C19H15BrOS. The van der Waals surface area contributed by atoms with Gasteiger partial charge in [0.05, 0.1) is 0 Å². The second-order valence-corrected chi connectivity index (χ2v) is 7.57. The third kappa shape index (κ3) is 2.75. The Labute approximate surface area is 142 Å². The molecule has 0 aromatic heterocycles. The molecule has 0 bridgehead atoms. The lowest BCUT2D eigenvalue weighted by Gasteiger charge is -2.26. The molecule has 3 heteroatoms. The quantitative estimate of drug-likeness (QED) is 0.543. The topological polar surface area (TPSA) is 9.23 Å². The highest BCUT2D eigenvalue weighted by molar-refractivity contribution is 9.10. The van der Waals surface area contributed by atoms with E-state index >= 15 is 0 Å². The first kappa shape index (κ1) is 14.2. The van der Waals surface area contributed by atoms with Gasteiger partial charge in [0.25, 0.3) is 0 Å². The van der Waals surface area contributed by atoms with Gasteiger partial charge in [-0.1, -0.05) is 58.0 Å². The summed E-state index contributed by atoms with van der Waals surface area (Å²) in [6.07, 6.45) is 2.12.